The number of piperazine rings is 1. The van der Waals surface area contributed by atoms with Gasteiger partial charge in [0.15, 0.2) is 0 Å². The van der Waals surface area contributed by atoms with E-state index in [0.29, 0.717) is 0 Å². The topological polar surface area (TPSA) is 6.48 Å². The summed E-state index contributed by atoms with van der Waals surface area (Å²) in [5.41, 5.74) is 0. The quantitative estimate of drug-likeness (QED) is 0.612. The minimum absolute atomic E-state index is 0.846. The summed E-state index contributed by atoms with van der Waals surface area (Å²) in [5.74, 6) is 1.72. The lowest BCUT2D eigenvalue weighted by atomic mass is 10.1. The number of nitrogens with zero attached hydrogens (tertiary/aromatic N) is 2. The van der Waals surface area contributed by atoms with Gasteiger partial charge in [-0.15, -0.1) is 0 Å². The fourth-order valence-corrected chi connectivity index (χ4v) is 2.57. The summed E-state index contributed by atoms with van der Waals surface area (Å²) >= 11 is 0. The van der Waals surface area contributed by atoms with E-state index in [2.05, 4.69) is 37.5 Å². The van der Waals surface area contributed by atoms with E-state index in [1.807, 2.05) is 0 Å². The summed E-state index contributed by atoms with van der Waals surface area (Å²) < 4.78 is 0. The van der Waals surface area contributed by atoms with Crippen molar-refractivity contribution in [1.29, 1.82) is 0 Å². The molecule has 1 aliphatic rings. The summed E-state index contributed by atoms with van der Waals surface area (Å²) in [4.78, 5) is 5.30. The van der Waals surface area contributed by atoms with Gasteiger partial charge in [0.1, 0.15) is 0 Å². The molecule has 1 heterocycles. The first-order valence-corrected chi connectivity index (χ1v) is 8.02. The van der Waals surface area contributed by atoms with Crippen LogP contribution in [0, 0.1) is 11.8 Å². The van der Waals surface area contributed by atoms with Crippen molar-refractivity contribution in [3.05, 3.63) is 0 Å². The van der Waals surface area contributed by atoms with Crippen LogP contribution in [0.5, 0.6) is 0 Å². The monoisotopic (exact) mass is 254 g/mol. The van der Waals surface area contributed by atoms with Crippen LogP contribution < -0.4 is 0 Å². The van der Waals surface area contributed by atoms with E-state index in [0.717, 1.165) is 11.8 Å². The van der Waals surface area contributed by atoms with Crippen molar-refractivity contribution in [1.82, 2.24) is 9.80 Å². The molecule has 0 aliphatic carbocycles. The highest BCUT2D eigenvalue weighted by molar-refractivity contribution is 4.72. The molecule has 2 heteroatoms. The molecule has 1 rings (SSSR count). The first kappa shape index (κ1) is 16.0. The third kappa shape index (κ3) is 7.38. The van der Waals surface area contributed by atoms with Crippen molar-refractivity contribution in [3.8, 4) is 0 Å². The third-order valence-corrected chi connectivity index (χ3v) is 3.99. The first-order valence-electron chi connectivity index (χ1n) is 8.02. The zero-order valence-corrected chi connectivity index (χ0v) is 13.1. The van der Waals surface area contributed by atoms with Gasteiger partial charge in [-0.05, 0) is 37.8 Å². The highest BCUT2D eigenvalue weighted by atomic mass is 15.3. The van der Waals surface area contributed by atoms with E-state index in [1.165, 1.54) is 65.0 Å². The molecule has 0 atom stereocenters. The normalized spacial score (nSPS) is 19.0. The Morgan fingerprint density at radius 3 is 1.67 bits per heavy atom. The van der Waals surface area contributed by atoms with E-state index in [4.69, 9.17) is 0 Å². The van der Waals surface area contributed by atoms with Crippen LogP contribution in [0.4, 0.5) is 0 Å². The fourth-order valence-electron chi connectivity index (χ4n) is 2.57. The molecule has 1 fully saturated rings. The molecule has 0 N–H and O–H groups in total. The van der Waals surface area contributed by atoms with Crippen LogP contribution in [0.2, 0.25) is 0 Å². The minimum atomic E-state index is 0.846. The molecule has 0 bridgehead atoms. The van der Waals surface area contributed by atoms with Crippen LogP contribution in [0.3, 0.4) is 0 Å². The Balaban J connectivity index is 2.01. The van der Waals surface area contributed by atoms with E-state index in [9.17, 15) is 0 Å². The summed E-state index contributed by atoms with van der Waals surface area (Å²) in [5, 5.41) is 0. The van der Waals surface area contributed by atoms with Gasteiger partial charge in [0.25, 0.3) is 0 Å². The first-order chi connectivity index (χ1) is 8.58. The average molecular weight is 254 g/mol. The van der Waals surface area contributed by atoms with Crippen LogP contribution in [0.15, 0.2) is 0 Å². The molecule has 0 unspecified atom stereocenters. The third-order valence-electron chi connectivity index (χ3n) is 3.99. The van der Waals surface area contributed by atoms with Gasteiger partial charge in [0.05, 0.1) is 0 Å². The predicted octanol–water partition coefficient (Wildman–Crippen LogP) is 3.48. The molecule has 18 heavy (non-hydrogen) atoms. The Kier molecular flexibility index (Phi) is 7.92. The second kappa shape index (κ2) is 8.92. The smallest absolute Gasteiger partial charge is 0.0110 e. The van der Waals surface area contributed by atoms with Gasteiger partial charge in [-0.2, -0.15) is 0 Å². The molecule has 0 amide bonds. The standard InChI is InChI=1S/C16H34N2/c1-15(2)7-5-6-9-17-11-13-18(14-12-17)10-8-16(3)4/h15-16H,5-14H2,1-4H3. The Bertz CT molecular complexity index is 193. The van der Waals surface area contributed by atoms with E-state index in [1.54, 1.807) is 0 Å². The summed E-state index contributed by atoms with van der Waals surface area (Å²) in [6.45, 7) is 17.1. The molecular weight excluding hydrogens is 220 g/mol. The fraction of sp³-hybridized carbons (Fsp3) is 1.00. The highest BCUT2D eigenvalue weighted by Crippen LogP contribution is 2.10. The average Bonchev–Trinajstić information content (AvgIpc) is 2.33. The van der Waals surface area contributed by atoms with Crippen LogP contribution in [-0.2, 0) is 0 Å². The second-order valence-corrected chi connectivity index (χ2v) is 6.76. The van der Waals surface area contributed by atoms with E-state index in [-0.39, 0.29) is 0 Å². The van der Waals surface area contributed by atoms with E-state index >= 15 is 0 Å². The van der Waals surface area contributed by atoms with Crippen molar-refractivity contribution in [2.75, 3.05) is 39.3 Å². The number of rotatable bonds is 8. The molecule has 0 saturated carbocycles. The van der Waals surface area contributed by atoms with Crippen molar-refractivity contribution < 1.29 is 0 Å². The predicted molar refractivity (Wildman–Crippen MR) is 81.0 cm³/mol. The van der Waals surface area contributed by atoms with Crippen LogP contribution in [0.25, 0.3) is 0 Å². The van der Waals surface area contributed by atoms with Gasteiger partial charge in [0.2, 0.25) is 0 Å². The Labute approximate surface area is 115 Å². The van der Waals surface area contributed by atoms with Crippen molar-refractivity contribution in [2.24, 2.45) is 11.8 Å². The molecule has 0 aromatic rings. The Morgan fingerprint density at radius 1 is 0.667 bits per heavy atom. The summed E-state index contributed by atoms with van der Waals surface area (Å²) in [6.07, 6.45) is 5.55. The zero-order valence-electron chi connectivity index (χ0n) is 13.1. The maximum atomic E-state index is 2.66. The van der Waals surface area contributed by atoms with Crippen LogP contribution >= 0.6 is 0 Å². The molecular formula is C16H34N2. The Hall–Kier alpha value is -0.0800. The van der Waals surface area contributed by atoms with E-state index < -0.39 is 0 Å². The summed E-state index contributed by atoms with van der Waals surface area (Å²) in [7, 11) is 0. The van der Waals surface area contributed by atoms with Crippen LogP contribution in [-0.4, -0.2) is 49.1 Å². The van der Waals surface area contributed by atoms with Gasteiger partial charge in [0, 0.05) is 26.2 Å². The molecule has 1 aliphatic heterocycles. The maximum absolute atomic E-state index is 2.66. The largest absolute Gasteiger partial charge is 0.301 e. The van der Waals surface area contributed by atoms with Gasteiger partial charge in [-0.25, -0.2) is 0 Å². The lowest BCUT2D eigenvalue weighted by Crippen LogP contribution is -2.46. The number of hydrogen-bond acceptors (Lipinski definition) is 2. The molecule has 0 radical (unpaired) electrons. The zero-order chi connectivity index (χ0) is 13.4. The molecule has 108 valence electrons. The molecule has 0 spiro atoms. The van der Waals surface area contributed by atoms with Crippen LogP contribution in [0.1, 0.15) is 53.4 Å². The van der Waals surface area contributed by atoms with Gasteiger partial charge >= 0.3 is 0 Å². The Morgan fingerprint density at radius 2 is 1.17 bits per heavy atom. The molecule has 1 saturated heterocycles. The van der Waals surface area contributed by atoms with Crippen molar-refractivity contribution in [3.63, 3.8) is 0 Å². The number of hydrogen-bond donors (Lipinski definition) is 0. The van der Waals surface area contributed by atoms with Crippen molar-refractivity contribution in [2.45, 2.75) is 53.4 Å². The van der Waals surface area contributed by atoms with Gasteiger partial charge < -0.3 is 9.80 Å². The second-order valence-electron chi connectivity index (χ2n) is 6.76. The maximum Gasteiger partial charge on any atom is 0.0110 e. The lowest BCUT2D eigenvalue weighted by molar-refractivity contribution is 0.126. The highest BCUT2D eigenvalue weighted by Gasteiger charge is 2.16. The number of unbranched alkanes of at least 4 members (excludes halogenated alkanes) is 1. The summed E-state index contributed by atoms with van der Waals surface area (Å²) in [6, 6.07) is 0. The molecule has 2 nitrogen and oxygen atoms in total. The molecule has 0 aromatic heterocycles. The van der Waals surface area contributed by atoms with Gasteiger partial charge in [-0.3, -0.25) is 0 Å². The SMILES string of the molecule is CC(C)CCCCN1CCN(CCC(C)C)CC1. The van der Waals surface area contributed by atoms with Gasteiger partial charge in [-0.1, -0.05) is 40.5 Å². The molecule has 0 aromatic carbocycles. The van der Waals surface area contributed by atoms with Crippen molar-refractivity contribution >= 4 is 0 Å². The lowest BCUT2D eigenvalue weighted by Gasteiger charge is -2.35. The minimum Gasteiger partial charge on any atom is -0.301 e.